The predicted octanol–water partition coefficient (Wildman–Crippen LogP) is 4.24. The Hall–Kier alpha value is -3.02. The molecule has 2 atom stereocenters. The summed E-state index contributed by atoms with van der Waals surface area (Å²) in [6.45, 7) is 1.72. The Morgan fingerprint density at radius 3 is 2.24 bits per heavy atom. The van der Waals surface area contributed by atoms with Crippen LogP contribution in [0.3, 0.4) is 0 Å². The minimum absolute atomic E-state index is 0.0398. The highest BCUT2D eigenvalue weighted by molar-refractivity contribution is 5.93. The van der Waals surface area contributed by atoms with Crippen LogP contribution in [0.15, 0.2) is 64.8 Å². The largest absolute Gasteiger partial charge is 0.455 e. The third-order valence-electron chi connectivity index (χ3n) is 3.95. The van der Waals surface area contributed by atoms with Gasteiger partial charge in [-0.25, -0.2) is 0 Å². The van der Waals surface area contributed by atoms with Crippen molar-refractivity contribution < 1.29 is 14.3 Å². The van der Waals surface area contributed by atoms with E-state index in [9.17, 15) is 9.59 Å². The van der Waals surface area contributed by atoms with Gasteiger partial charge in [-0.05, 0) is 48.7 Å². The molecule has 6 nitrogen and oxygen atoms in total. The number of hydrogen-bond acceptors (Lipinski definition) is 5. The molecule has 0 spiro atoms. The highest BCUT2D eigenvalue weighted by Crippen LogP contribution is 2.38. The van der Waals surface area contributed by atoms with Gasteiger partial charge in [-0.3, -0.25) is 9.59 Å². The van der Waals surface area contributed by atoms with Crippen LogP contribution in [0.25, 0.3) is 0 Å². The molecule has 2 aromatic rings. The maximum atomic E-state index is 11.8. The first kappa shape index (κ1) is 16.8. The van der Waals surface area contributed by atoms with Gasteiger partial charge < -0.3 is 10.1 Å². The van der Waals surface area contributed by atoms with Crippen molar-refractivity contribution in [1.82, 2.24) is 0 Å². The number of ether oxygens (including phenoxy) is 1. The Morgan fingerprint density at radius 1 is 1.04 bits per heavy atom. The fraction of sp³-hybridized carbons (Fsp3) is 0.263. The fourth-order valence-corrected chi connectivity index (χ4v) is 2.31. The van der Waals surface area contributed by atoms with Gasteiger partial charge in [0.25, 0.3) is 5.91 Å². The van der Waals surface area contributed by atoms with Crippen molar-refractivity contribution in [3.05, 3.63) is 54.6 Å². The molecule has 1 aliphatic rings. The quantitative estimate of drug-likeness (QED) is 0.632. The molecule has 1 saturated carbocycles. The number of rotatable bonds is 6. The number of anilines is 1. The van der Waals surface area contributed by atoms with Crippen LogP contribution >= 0.6 is 0 Å². The van der Waals surface area contributed by atoms with Crippen LogP contribution in [0.4, 0.5) is 17.1 Å². The molecule has 128 valence electrons. The van der Waals surface area contributed by atoms with Crippen LogP contribution in [-0.4, -0.2) is 18.5 Å². The topological polar surface area (TPSA) is 80.1 Å². The van der Waals surface area contributed by atoms with E-state index in [4.69, 9.17) is 4.74 Å². The summed E-state index contributed by atoms with van der Waals surface area (Å²) < 4.78 is 5.00. The summed E-state index contributed by atoms with van der Waals surface area (Å²) in [7, 11) is 0. The zero-order chi connectivity index (χ0) is 17.6. The van der Waals surface area contributed by atoms with Gasteiger partial charge in [-0.1, -0.05) is 25.1 Å². The number of carbonyl (C=O) groups excluding carboxylic acids is 2. The molecule has 1 amide bonds. The number of azo groups is 1. The molecule has 0 aliphatic heterocycles. The molecule has 0 unspecified atom stereocenters. The predicted molar refractivity (Wildman–Crippen MR) is 93.9 cm³/mol. The first-order chi connectivity index (χ1) is 12.1. The van der Waals surface area contributed by atoms with Crippen LogP contribution in [0.5, 0.6) is 0 Å². The molecule has 1 aliphatic carbocycles. The van der Waals surface area contributed by atoms with Crippen molar-refractivity contribution in [2.45, 2.75) is 13.3 Å². The minimum atomic E-state index is -0.361. The summed E-state index contributed by atoms with van der Waals surface area (Å²) in [4.78, 5) is 23.4. The van der Waals surface area contributed by atoms with Gasteiger partial charge in [0.1, 0.15) is 0 Å². The smallest absolute Gasteiger partial charge is 0.309 e. The van der Waals surface area contributed by atoms with Crippen LogP contribution < -0.4 is 5.32 Å². The lowest BCUT2D eigenvalue weighted by atomic mass is 10.3. The zero-order valence-corrected chi connectivity index (χ0v) is 13.9. The molecular formula is C19H19N3O3. The van der Waals surface area contributed by atoms with E-state index in [0.717, 1.165) is 12.1 Å². The van der Waals surface area contributed by atoms with Crippen molar-refractivity contribution in [3.63, 3.8) is 0 Å². The molecule has 1 fully saturated rings. The maximum absolute atomic E-state index is 11.8. The number of carbonyl (C=O) groups is 2. The molecule has 6 heteroatoms. The number of esters is 1. The fourth-order valence-electron chi connectivity index (χ4n) is 2.31. The van der Waals surface area contributed by atoms with Crippen molar-refractivity contribution in [1.29, 1.82) is 0 Å². The minimum Gasteiger partial charge on any atom is -0.455 e. The van der Waals surface area contributed by atoms with E-state index in [1.807, 2.05) is 37.3 Å². The first-order valence-corrected chi connectivity index (χ1v) is 8.15. The van der Waals surface area contributed by atoms with E-state index >= 15 is 0 Å². The van der Waals surface area contributed by atoms with Crippen LogP contribution in [0, 0.1) is 11.8 Å². The van der Waals surface area contributed by atoms with Crippen molar-refractivity contribution in [3.8, 4) is 0 Å². The molecule has 0 bridgehead atoms. The van der Waals surface area contributed by atoms with Gasteiger partial charge in [-0.2, -0.15) is 10.2 Å². The Balaban J connectivity index is 1.47. The number of amides is 1. The maximum Gasteiger partial charge on any atom is 0.309 e. The van der Waals surface area contributed by atoms with Gasteiger partial charge in [0.2, 0.25) is 0 Å². The third kappa shape index (κ3) is 4.97. The van der Waals surface area contributed by atoms with E-state index in [1.165, 1.54) is 0 Å². The number of nitrogens with one attached hydrogen (secondary N) is 1. The van der Waals surface area contributed by atoms with Crippen molar-refractivity contribution >= 4 is 28.9 Å². The summed E-state index contributed by atoms with van der Waals surface area (Å²) in [5.41, 5.74) is 2.06. The Bertz CT molecular complexity index is 772. The van der Waals surface area contributed by atoms with Crippen LogP contribution in [0.1, 0.15) is 13.3 Å². The highest BCUT2D eigenvalue weighted by Gasteiger charge is 2.40. The summed E-state index contributed by atoms with van der Waals surface area (Å²) in [6, 6.07) is 16.4. The van der Waals surface area contributed by atoms with Gasteiger partial charge in [0.05, 0.1) is 17.3 Å². The van der Waals surface area contributed by atoms with E-state index in [2.05, 4.69) is 15.5 Å². The van der Waals surface area contributed by atoms with E-state index in [1.54, 1.807) is 24.3 Å². The molecule has 25 heavy (non-hydrogen) atoms. The van der Waals surface area contributed by atoms with Crippen molar-refractivity contribution in [2.24, 2.45) is 22.1 Å². The second kappa shape index (κ2) is 7.70. The van der Waals surface area contributed by atoms with Gasteiger partial charge in [0.15, 0.2) is 6.61 Å². The third-order valence-corrected chi connectivity index (χ3v) is 3.95. The zero-order valence-electron chi connectivity index (χ0n) is 13.9. The summed E-state index contributed by atoms with van der Waals surface area (Å²) >= 11 is 0. The van der Waals surface area contributed by atoms with Gasteiger partial charge in [0, 0.05) is 5.69 Å². The molecule has 1 N–H and O–H groups in total. The number of benzene rings is 2. The monoisotopic (exact) mass is 337 g/mol. The van der Waals surface area contributed by atoms with Crippen LogP contribution in [0.2, 0.25) is 0 Å². The second-order valence-corrected chi connectivity index (χ2v) is 6.06. The molecule has 0 aromatic heterocycles. The first-order valence-electron chi connectivity index (χ1n) is 8.15. The molecule has 3 rings (SSSR count). The van der Waals surface area contributed by atoms with E-state index in [-0.39, 0.29) is 24.4 Å². The molecule has 0 saturated heterocycles. The molecule has 0 radical (unpaired) electrons. The lowest BCUT2D eigenvalue weighted by Gasteiger charge is -2.06. The van der Waals surface area contributed by atoms with E-state index in [0.29, 0.717) is 17.3 Å². The summed E-state index contributed by atoms with van der Waals surface area (Å²) in [5, 5.41) is 10.9. The van der Waals surface area contributed by atoms with Gasteiger partial charge in [-0.15, -0.1) is 0 Å². The summed E-state index contributed by atoms with van der Waals surface area (Å²) in [5.74, 6) is -0.324. The lowest BCUT2D eigenvalue weighted by molar-refractivity contribution is -0.148. The average molecular weight is 337 g/mol. The molecule has 0 heterocycles. The number of nitrogens with zero attached hydrogens (tertiary/aromatic N) is 2. The normalized spacial score (nSPS) is 18.8. The SMILES string of the molecule is C[C@@H]1C[C@@H]1C(=O)OCC(=O)Nc1ccc(N=Nc2ccccc2)cc1. The van der Waals surface area contributed by atoms with Gasteiger partial charge >= 0.3 is 5.97 Å². The Morgan fingerprint density at radius 2 is 1.64 bits per heavy atom. The second-order valence-electron chi connectivity index (χ2n) is 6.06. The molecule has 2 aromatic carbocycles. The standard InChI is InChI=1S/C19H19N3O3/c1-13-11-17(13)19(24)25-12-18(23)20-14-7-9-16(10-8-14)22-21-15-5-3-2-4-6-15/h2-10,13,17H,11-12H2,1H3,(H,20,23)/t13-,17+/m1/s1. The van der Waals surface area contributed by atoms with Crippen LogP contribution in [-0.2, 0) is 14.3 Å². The average Bonchev–Trinajstić information content (AvgIpc) is 3.37. The lowest BCUT2D eigenvalue weighted by Crippen LogP contribution is -2.21. The Labute approximate surface area is 145 Å². The summed E-state index contributed by atoms with van der Waals surface area (Å²) in [6.07, 6.45) is 0.847. The number of hydrogen-bond donors (Lipinski definition) is 1. The van der Waals surface area contributed by atoms with Crippen molar-refractivity contribution in [2.75, 3.05) is 11.9 Å². The highest BCUT2D eigenvalue weighted by atomic mass is 16.5. The Kier molecular flexibility index (Phi) is 5.18. The van der Waals surface area contributed by atoms with E-state index < -0.39 is 0 Å². The molecular weight excluding hydrogens is 318 g/mol.